The number of aromatic nitrogens is 2. The van der Waals surface area contributed by atoms with Gasteiger partial charge >= 0.3 is 5.97 Å². The number of carbonyl (C=O) groups is 1. The van der Waals surface area contributed by atoms with Gasteiger partial charge in [0.05, 0.1) is 31.2 Å². The summed E-state index contributed by atoms with van der Waals surface area (Å²) >= 11 is 0. The van der Waals surface area contributed by atoms with Crippen LogP contribution in [-0.4, -0.2) is 35.1 Å². The van der Waals surface area contributed by atoms with Crippen LogP contribution in [0.4, 0.5) is 0 Å². The Balaban J connectivity index is 2.07. The lowest BCUT2D eigenvalue weighted by Gasteiger charge is -2.15. The largest absolute Gasteiger partial charge is 0.496 e. The lowest BCUT2D eigenvalue weighted by atomic mass is 10.1. The van der Waals surface area contributed by atoms with Gasteiger partial charge in [0.1, 0.15) is 11.5 Å². The Morgan fingerprint density at radius 3 is 2.25 bits per heavy atom. The number of fused-ring (bicyclic) bond motifs is 1. The number of hydrogen-bond acceptors (Lipinski definition) is 4. The maximum atomic E-state index is 11.7. The third-order valence-electron chi connectivity index (χ3n) is 4.61. The fraction of sp³-hybridized carbons (Fsp3) is 0.0909. The molecule has 0 amide bonds. The summed E-state index contributed by atoms with van der Waals surface area (Å²) in [5, 5.41) is 15.9. The van der Waals surface area contributed by atoms with Crippen molar-refractivity contribution in [2.24, 2.45) is 0 Å². The smallest absolute Gasteiger partial charge is 0.356 e. The van der Waals surface area contributed by atoms with Crippen LogP contribution in [0.25, 0.3) is 27.7 Å². The molecule has 1 aromatic heterocycles. The van der Waals surface area contributed by atoms with Gasteiger partial charge in [-0.3, -0.25) is 0 Å². The number of carboxylic acids is 1. The normalized spacial score (nSPS) is 10.8. The van der Waals surface area contributed by atoms with Crippen molar-refractivity contribution in [3.63, 3.8) is 0 Å². The Hall–Kier alpha value is -3.80. The molecule has 0 saturated heterocycles. The summed E-state index contributed by atoms with van der Waals surface area (Å²) in [6, 6.07) is 20.7. The first-order valence-electron chi connectivity index (χ1n) is 8.67. The molecule has 0 saturated carbocycles. The third kappa shape index (κ3) is 2.85. The molecular weight excluding hydrogens is 356 g/mol. The van der Waals surface area contributed by atoms with Crippen LogP contribution in [0.5, 0.6) is 11.5 Å². The van der Waals surface area contributed by atoms with Gasteiger partial charge < -0.3 is 14.6 Å². The minimum absolute atomic E-state index is 0.0594. The van der Waals surface area contributed by atoms with Crippen molar-refractivity contribution in [1.82, 2.24) is 9.78 Å². The van der Waals surface area contributed by atoms with Crippen LogP contribution >= 0.6 is 0 Å². The SMILES string of the molecule is COc1cccc(OC)c1-c1cc(C(=O)O)nn1-c1cccc2ccccc12. The molecule has 0 aliphatic heterocycles. The van der Waals surface area contributed by atoms with E-state index in [2.05, 4.69) is 5.10 Å². The van der Waals surface area contributed by atoms with E-state index >= 15 is 0 Å². The van der Waals surface area contributed by atoms with E-state index in [1.807, 2.05) is 48.5 Å². The van der Waals surface area contributed by atoms with Crippen molar-refractivity contribution in [3.05, 3.63) is 72.4 Å². The molecule has 0 atom stereocenters. The average molecular weight is 374 g/mol. The molecule has 0 aliphatic carbocycles. The molecule has 6 nitrogen and oxygen atoms in total. The molecule has 0 fully saturated rings. The van der Waals surface area contributed by atoms with Crippen molar-refractivity contribution in [3.8, 4) is 28.4 Å². The first-order chi connectivity index (χ1) is 13.6. The van der Waals surface area contributed by atoms with Gasteiger partial charge in [-0.15, -0.1) is 0 Å². The topological polar surface area (TPSA) is 73.6 Å². The number of nitrogens with zero attached hydrogens (tertiary/aromatic N) is 2. The van der Waals surface area contributed by atoms with Gasteiger partial charge in [0.2, 0.25) is 0 Å². The van der Waals surface area contributed by atoms with Gasteiger partial charge in [-0.1, -0.05) is 42.5 Å². The van der Waals surface area contributed by atoms with Crippen molar-refractivity contribution in [2.75, 3.05) is 14.2 Å². The number of hydrogen-bond donors (Lipinski definition) is 1. The number of methoxy groups -OCH3 is 2. The van der Waals surface area contributed by atoms with E-state index < -0.39 is 5.97 Å². The molecular formula is C22H18N2O4. The number of carboxylic acid groups (broad SMARTS) is 1. The second kappa shape index (κ2) is 7.08. The summed E-state index contributed by atoms with van der Waals surface area (Å²) in [6.07, 6.45) is 0. The second-order valence-electron chi connectivity index (χ2n) is 6.17. The van der Waals surface area contributed by atoms with Crippen LogP contribution in [0.15, 0.2) is 66.7 Å². The monoisotopic (exact) mass is 374 g/mol. The minimum atomic E-state index is -1.10. The maximum Gasteiger partial charge on any atom is 0.356 e. The molecule has 0 radical (unpaired) electrons. The molecule has 0 bridgehead atoms. The Morgan fingerprint density at radius 1 is 0.929 bits per heavy atom. The standard InChI is InChI=1S/C22H18N2O4/c1-27-19-11-6-12-20(28-2)21(19)18-13-16(22(25)26)23-24(18)17-10-5-8-14-7-3-4-9-15(14)17/h3-13H,1-2H3,(H,25,26). The van der Waals surface area contributed by atoms with Crippen LogP contribution in [0.1, 0.15) is 10.5 Å². The fourth-order valence-electron chi connectivity index (χ4n) is 3.34. The van der Waals surface area contributed by atoms with E-state index in [-0.39, 0.29) is 5.69 Å². The summed E-state index contributed by atoms with van der Waals surface area (Å²) in [5.74, 6) is 0.0319. The summed E-state index contributed by atoms with van der Waals surface area (Å²) in [5.41, 5.74) is 1.92. The van der Waals surface area contributed by atoms with E-state index in [0.717, 1.165) is 16.5 Å². The second-order valence-corrected chi connectivity index (χ2v) is 6.17. The molecule has 0 unspecified atom stereocenters. The Morgan fingerprint density at radius 2 is 1.57 bits per heavy atom. The zero-order chi connectivity index (χ0) is 19.7. The zero-order valence-electron chi connectivity index (χ0n) is 15.4. The van der Waals surface area contributed by atoms with Crippen molar-refractivity contribution < 1.29 is 19.4 Å². The molecule has 28 heavy (non-hydrogen) atoms. The number of ether oxygens (including phenoxy) is 2. The molecule has 1 heterocycles. The summed E-state index contributed by atoms with van der Waals surface area (Å²) in [4.78, 5) is 11.7. The van der Waals surface area contributed by atoms with Crippen LogP contribution in [0.2, 0.25) is 0 Å². The van der Waals surface area contributed by atoms with Crippen LogP contribution in [-0.2, 0) is 0 Å². The molecule has 0 spiro atoms. The first kappa shape index (κ1) is 17.6. The quantitative estimate of drug-likeness (QED) is 0.560. The van der Waals surface area contributed by atoms with Crippen LogP contribution in [0, 0.1) is 0 Å². The van der Waals surface area contributed by atoms with Crippen LogP contribution in [0.3, 0.4) is 0 Å². The van der Waals surface area contributed by atoms with Crippen LogP contribution < -0.4 is 9.47 Å². The lowest BCUT2D eigenvalue weighted by Crippen LogP contribution is -2.04. The molecule has 0 aliphatic rings. The lowest BCUT2D eigenvalue weighted by molar-refractivity contribution is 0.0690. The Bertz CT molecular complexity index is 1150. The molecule has 4 aromatic rings. The highest BCUT2D eigenvalue weighted by molar-refractivity contribution is 5.93. The third-order valence-corrected chi connectivity index (χ3v) is 4.61. The van der Waals surface area contributed by atoms with E-state index in [1.165, 1.54) is 6.07 Å². The predicted molar refractivity (Wildman–Crippen MR) is 107 cm³/mol. The van der Waals surface area contributed by atoms with E-state index in [0.29, 0.717) is 22.8 Å². The minimum Gasteiger partial charge on any atom is -0.496 e. The highest BCUT2D eigenvalue weighted by Gasteiger charge is 2.22. The van der Waals surface area contributed by atoms with E-state index in [4.69, 9.17) is 9.47 Å². The zero-order valence-corrected chi connectivity index (χ0v) is 15.4. The molecule has 6 heteroatoms. The maximum absolute atomic E-state index is 11.7. The summed E-state index contributed by atoms with van der Waals surface area (Å²) in [6.45, 7) is 0. The molecule has 4 rings (SSSR count). The van der Waals surface area contributed by atoms with Gasteiger partial charge in [0.25, 0.3) is 0 Å². The number of rotatable bonds is 5. The van der Waals surface area contributed by atoms with Gasteiger partial charge in [-0.25, -0.2) is 9.48 Å². The highest BCUT2D eigenvalue weighted by atomic mass is 16.5. The molecule has 3 aromatic carbocycles. The van der Waals surface area contributed by atoms with Gasteiger partial charge in [0.15, 0.2) is 5.69 Å². The van der Waals surface area contributed by atoms with E-state index in [1.54, 1.807) is 31.0 Å². The number of aromatic carboxylic acids is 1. The predicted octanol–water partition coefficient (Wildman–Crippen LogP) is 4.41. The Labute approximate surface area is 161 Å². The summed E-state index contributed by atoms with van der Waals surface area (Å²) in [7, 11) is 3.13. The Kier molecular flexibility index (Phi) is 4.45. The number of benzene rings is 3. The van der Waals surface area contributed by atoms with E-state index in [9.17, 15) is 9.90 Å². The van der Waals surface area contributed by atoms with Crippen molar-refractivity contribution in [1.29, 1.82) is 0 Å². The molecule has 140 valence electrons. The molecule has 1 N–H and O–H groups in total. The van der Waals surface area contributed by atoms with Gasteiger partial charge in [-0.05, 0) is 29.7 Å². The highest BCUT2D eigenvalue weighted by Crippen LogP contribution is 2.40. The first-order valence-corrected chi connectivity index (χ1v) is 8.67. The van der Waals surface area contributed by atoms with Crippen molar-refractivity contribution in [2.45, 2.75) is 0 Å². The fourth-order valence-corrected chi connectivity index (χ4v) is 3.34. The summed E-state index contributed by atoms with van der Waals surface area (Å²) < 4.78 is 12.7. The van der Waals surface area contributed by atoms with Crippen molar-refractivity contribution >= 4 is 16.7 Å². The average Bonchev–Trinajstić information content (AvgIpc) is 3.17. The van der Waals surface area contributed by atoms with Gasteiger partial charge in [-0.2, -0.15) is 5.10 Å². The van der Waals surface area contributed by atoms with Gasteiger partial charge in [0, 0.05) is 5.39 Å².